The lowest BCUT2D eigenvalue weighted by Gasteiger charge is -2.07. The van der Waals surface area contributed by atoms with E-state index in [4.69, 9.17) is 12.3 Å². The molecule has 5 heteroatoms. The average Bonchev–Trinajstić information content (AvgIpc) is 1.64. The zero-order chi connectivity index (χ0) is 66.0. The summed E-state index contributed by atoms with van der Waals surface area (Å²) in [5.74, 6) is 0. The molecule has 0 atom stereocenters. The third-order valence-corrected chi connectivity index (χ3v) is 15.1. The van der Waals surface area contributed by atoms with E-state index in [2.05, 4.69) is 226 Å². The minimum Gasteiger partial charge on any atom is -0.201 e. The molecular weight excluding hydrogens is 971 g/mol. The van der Waals surface area contributed by atoms with Gasteiger partial charge in [0, 0.05) is 111 Å². The minimum absolute atomic E-state index is 0.132. The molecule has 0 aliphatic carbocycles. The standard InChI is InChI=1S/5C15H18N/c2*1-11-9-13(3)15(16(4)10-11)14-8-6-5-7-12(14)2;1-11-7-5-6-8-14(11)15-9-12(2)13(3)10-16(15)4;2*1-11-9-10-15(16(4)13(11)3)14-8-6-5-7-12(14)2/h5*5-10H,1-4H3/q5*+1/i1D3;;;1D3,3D3;. The summed E-state index contributed by atoms with van der Waals surface area (Å²) in [4.78, 5) is 0. The third-order valence-electron chi connectivity index (χ3n) is 15.1. The highest BCUT2D eigenvalue weighted by atomic mass is 15.0. The average molecular weight is 1070 g/mol. The summed E-state index contributed by atoms with van der Waals surface area (Å²) in [5, 5.41) is 0. The Morgan fingerprint density at radius 1 is 0.263 bits per heavy atom. The van der Waals surface area contributed by atoms with E-state index in [0.717, 1.165) is 27.9 Å². The van der Waals surface area contributed by atoms with Crippen molar-refractivity contribution >= 4 is 0 Å². The molecule has 5 heterocycles. The highest BCUT2D eigenvalue weighted by Gasteiger charge is 2.19. The first kappa shape index (κ1) is 48.9. The molecule has 10 aromatic rings. The van der Waals surface area contributed by atoms with Crippen LogP contribution in [0.2, 0.25) is 0 Å². The van der Waals surface area contributed by atoms with Crippen LogP contribution in [-0.4, -0.2) is 0 Å². The summed E-state index contributed by atoms with van der Waals surface area (Å²) in [6.07, 6.45) is 6.06. The zero-order valence-electron chi connectivity index (χ0n) is 59.6. The predicted molar refractivity (Wildman–Crippen MR) is 336 cm³/mol. The topological polar surface area (TPSA) is 19.4 Å². The Labute approximate surface area is 494 Å². The first-order valence-electron chi connectivity index (χ1n) is 31.9. The molecule has 0 radical (unpaired) electrons. The predicted octanol–water partition coefficient (Wildman–Crippen LogP) is 15.5. The highest BCUT2D eigenvalue weighted by Crippen LogP contribution is 2.26. The quantitative estimate of drug-likeness (QED) is 0.153. The number of hydrogen-bond donors (Lipinski definition) is 0. The monoisotopic (exact) mass is 1070 g/mol. The maximum Gasteiger partial charge on any atom is 0.215 e. The van der Waals surface area contributed by atoms with Crippen molar-refractivity contribution in [1.82, 2.24) is 0 Å². The number of aryl methyl sites for hydroxylation is 16. The summed E-state index contributed by atoms with van der Waals surface area (Å²) < 4.78 is 78.4. The molecule has 0 spiro atoms. The fraction of sp³-hybridized carbons (Fsp3) is 0.267. The molecule has 5 aromatic carbocycles. The summed E-state index contributed by atoms with van der Waals surface area (Å²) in [7, 11) is 9.84. The van der Waals surface area contributed by atoms with Gasteiger partial charge >= 0.3 is 0 Å². The van der Waals surface area contributed by atoms with E-state index in [1.165, 1.54) is 100 Å². The molecule has 5 nitrogen and oxygen atoms in total. The summed E-state index contributed by atoms with van der Waals surface area (Å²) >= 11 is 0. The zero-order valence-corrected chi connectivity index (χ0v) is 50.6. The van der Waals surface area contributed by atoms with E-state index in [1.54, 1.807) is 25.4 Å². The summed E-state index contributed by atoms with van der Waals surface area (Å²) in [6.45, 7) is 18.3. The lowest BCUT2D eigenvalue weighted by atomic mass is 10.0. The van der Waals surface area contributed by atoms with Crippen LogP contribution >= 0.6 is 0 Å². The van der Waals surface area contributed by atoms with Gasteiger partial charge in [-0.3, -0.25) is 0 Å². The molecule has 0 bridgehead atoms. The Morgan fingerprint density at radius 3 is 1.04 bits per heavy atom. The molecule has 0 saturated carbocycles. The van der Waals surface area contributed by atoms with E-state index in [0.29, 0.717) is 11.3 Å². The number of pyridine rings is 5. The summed E-state index contributed by atoms with van der Waals surface area (Å²) in [5.41, 5.74) is 26.8. The normalized spacial score (nSPS) is 12.6. The van der Waals surface area contributed by atoms with Crippen LogP contribution in [-0.2, 0) is 35.2 Å². The lowest BCUT2D eigenvalue weighted by Crippen LogP contribution is -2.35. The second-order valence-corrected chi connectivity index (χ2v) is 21.3. The number of hydrogen-bond acceptors (Lipinski definition) is 0. The van der Waals surface area contributed by atoms with Gasteiger partial charge in [0.05, 0.1) is 0 Å². The Morgan fingerprint density at radius 2 is 0.637 bits per heavy atom. The lowest BCUT2D eigenvalue weighted by molar-refractivity contribution is -0.667. The van der Waals surface area contributed by atoms with Gasteiger partial charge in [-0.25, -0.2) is 13.7 Å². The smallest absolute Gasteiger partial charge is 0.201 e. The van der Waals surface area contributed by atoms with Crippen LogP contribution in [0.4, 0.5) is 0 Å². The molecule has 80 heavy (non-hydrogen) atoms. The van der Waals surface area contributed by atoms with Crippen molar-refractivity contribution < 1.29 is 35.2 Å². The molecule has 0 N–H and O–H groups in total. The fourth-order valence-electron chi connectivity index (χ4n) is 10.3. The van der Waals surface area contributed by atoms with Gasteiger partial charge < -0.3 is 0 Å². The van der Waals surface area contributed by atoms with Crippen molar-refractivity contribution in [3.63, 3.8) is 0 Å². The van der Waals surface area contributed by atoms with E-state index in [1.807, 2.05) is 61.9 Å². The molecule has 410 valence electrons. The minimum atomic E-state index is -2.50. The van der Waals surface area contributed by atoms with Gasteiger partial charge in [0.1, 0.15) is 35.2 Å². The van der Waals surface area contributed by atoms with Crippen molar-refractivity contribution in [2.75, 3.05) is 0 Å². The van der Waals surface area contributed by atoms with Crippen LogP contribution in [0.25, 0.3) is 56.3 Å². The molecule has 0 aliphatic rings. The molecule has 10 rings (SSSR count). The van der Waals surface area contributed by atoms with Gasteiger partial charge in [0.25, 0.3) is 0 Å². The number of nitrogens with zero attached hydrogens (tertiary/aromatic N) is 5. The van der Waals surface area contributed by atoms with Gasteiger partial charge in [-0.15, -0.1) is 0 Å². The SMILES string of the molecule is Cc1cc(-c2ccccc2C)[n+](C)cc1C.Cc1cc(C)c(-c2ccccc2C)[n+](C)c1.Cc1ccccc1-c1ccc(C)c(C)[n+]1C.[2H]C([2H])([2H])c1cc(C)c(-c2ccccc2C)[n+](C)c1.[2H]C([2H])([2H])c1ccc(-c2ccccc2C)[n+](C)c1C([2H])([2H])[2H]. The second-order valence-electron chi connectivity index (χ2n) is 21.3. The maximum absolute atomic E-state index is 7.71. The molecular formula is C75H90N5+5. The number of aromatic nitrogens is 5. The number of benzene rings is 5. The highest BCUT2D eigenvalue weighted by molar-refractivity contribution is 5.66. The Balaban J connectivity index is 0.000000178. The molecule has 5 aromatic heterocycles. The van der Waals surface area contributed by atoms with Gasteiger partial charge in [-0.2, -0.15) is 9.13 Å². The van der Waals surface area contributed by atoms with E-state index in [-0.39, 0.29) is 11.3 Å². The largest absolute Gasteiger partial charge is 0.215 e. The Kier molecular flexibility index (Phi) is 16.9. The van der Waals surface area contributed by atoms with Crippen LogP contribution in [0, 0.1) is 104 Å². The van der Waals surface area contributed by atoms with Crippen molar-refractivity contribution in [3.8, 4) is 56.3 Å². The molecule has 0 amide bonds. The Bertz CT molecular complexity index is 4050. The van der Waals surface area contributed by atoms with Gasteiger partial charge in [0.2, 0.25) is 28.5 Å². The summed E-state index contributed by atoms with van der Waals surface area (Å²) in [6, 6.07) is 55.0. The molecule has 0 fully saturated rings. The van der Waals surface area contributed by atoms with Crippen molar-refractivity contribution in [2.24, 2.45) is 35.2 Å². The van der Waals surface area contributed by atoms with Crippen molar-refractivity contribution in [1.29, 1.82) is 0 Å². The van der Waals surface area contributed by atoms with Crippen LogP contribution in [0.15, 0.2) is 182 Å². The van der Waals surface area contributed by atoms with Crippen molar-refractivity contribution in [3.05, 3.63) is 266 Å². The molecule has 0 unspecified atom stereocenters. The van der Waals surface area contributed by atoms with E-state index >= 15 is 0 Å². The van der Waals surface area contributed by atoms with Crippen LogP contribution < -0.4 is 22.8 Å². The molecule has 0 aliphatic heterocycles. The second kappa shape index (κ2) is 27.6. The number of rotatable bonds is 5. The van der Waals surface area contributed by atoms with Crippen LogP contribution in [0.1, 0.15) is 96.0 Å². The van der Waals surface area contributed by atoms with Gasteiger partial charge in [-0.05, 0) is 178 Å². The van der Waals surface area contributed by atoms with Crippen LogP contribution in [0.5, 0.6) is 0 Å². The van der Waals surface area contributed by atoms with E-state index in [9.17, 15) is 0 Å². The Hall–Kier alpha value is -8.15. The van der Waals surface area contributed by atoms with Gasteiger partial charge in [-0.1, -0.05) is 91.0 Å². The van der Waals surface area contributed by atoms with Gasteiger partial charge in [0.15, 0.2) is 30.0 Å². The fourth-order valence-corrected chi connectivity index (χ4v) is 10.3. The van der Waals surface area contributed by atoms with Crippen molar-refractivity contribution in [2.45, 2.75) is 104 Å². The maximum atomic E-state index is 7.71. The first-order chi connectivity index (χ1) is 41.6. The molecule has 0 saturated heterocycles. The third kappa shape index (κ3) is 14.9. The van der Waals surface area contributed by atoms with E-state index < -0.39 is 20.6 Å². The first-order valence-corrected chi connectivity index (χ1v) is 27.4. The van der Waals surface area contributed by atoms with Crippen LogP contribution in [0.3, 0.4) is 0 Å².